The van der Waals surface area contributed by atoms with E-state index >= 15 is 0 Å². The fourth-order valence-corrected chi connectivity index (χ4v) is 3.56. The van der Waals surface area contributed by atoms with Crippen LogP contribution in [-0.4, -0.2) is 24.0 Å². The second kappa shape index (κ2) is 3.77. The highest BCUT2D eigenvalue weighted by molar-refractivity contribution is 9.10. The van der Waals surface area contributed by atoms with Gasteiger partial charge >= 0.3 is 0 Å². The molecule has 0 aliphatic carbocycles. The number of fused-ring (bicyclic) bond motifs is 5. The third-order valence-electron chi connectivity index (χ3n) is 3.98. The number of hydrogen-bond donors (Lipinski definition) is 0. The Kier molecular flexibility index (Phi) is 2.26. The van der Waals surface area contributed by atoms with Crippen LogP contribution in [0, 0.1) is 11.8 Å². The molecule has 96 valence electrons. The molecule has 2 saturated heterocycles. The molecule has 2 amide bonds. The normalized spacial score (nSPS) is 35.3. The van der Waals surface area contributed by atoms with Crippen molar-refractivity contribution in [3.63, 3.8) is 0 Å². The summed E-state index contributed by atoms with van der Waals surface area (Å²) in [6.07, 6.45) is 3.32. The van der Waals surface area contributed by atoms with E-state index in [4.69, 9.17) is 4.74 Å². The van der Waals surface area contributed by atoms with Gasteiger partial charge in [0.15, 0.2) is 0 Å². The van der Waals surface area contributed by atoms with Crippen molar-refractivity contribution < 1.29 is 14.3 Å². The largest absolute Gasteiger partial charge is 0.365 e. The van der Waals surface area contributed by atoms with Gasteiger partial charge in [0.2, 0.25) is 11.8 Å². The lowest BCUT2D eigenvalue weighted by Crippen LogP contribution is -2.34. The SMILES string of the molecule is O=C1[C@@H]2[C@H](C(=O)N1c1cccc(Br)c1)[C@H]1C=C[C@@H]2O1. The average Bonchev–Trinajstić information content (AvgIpc) is 3.04. The Bertz CT molecular complexity index is 597. The van der Waals surface area contributed by atoms with Crippen LogP contribution in [0.15, 0.2) is 40.9 Å². The first-order valence-corrected chi connectivity index (χ1v) is 6.93. The highest BCUT2D eigenvalue weighted by Gasteiger charge is 2.60. The first-order valence-electron chi connectivity index (χ1n) is 6.14. The lowest BCUT2D eigenvalue weighted by atomic mass is 9.85. The molecule has 0 spiro atoms. The standard InChI is InChI=1S/C14H10BrNO3/c15-7-2-1-3-8(6-7)16-13(17)11-9-4-5-10(19-9)12(11)14(16)18/h1-6,9-12H/t9-,10+,11-,12+. The number of anilines is 1. The molecule has 1 aromatic rings. The maximum Gasteiger partial charge on any atom is 0.240 e. The molecular formula is C14H10BrNO3. The van der Waals surface area contributed by atoms with Crippen LogP contribution < -0.4 is 4.90 Å². The van der Waals surface area contributed by atoms with E-state index in [0.717, 1.165) is 4.47 Å². The minimum atomic E-state index is -0.346. The molecule has 0 N–H and O–H groups in total. The summed E-state index contributed by atoms with van der Waals surface area (Å²) >= 11 is 3.36. The number of benzene rings is 1. The molecule has 3 heterocycles. The molecule has 2 bridgehead atoms. The van der Waals surface area contributed by atoms with Crippen LogP contribution in [-0.2, 0) is 14.3 Å². The summed E-state index contributed by atoms with van der Waals surface area (Å²) < 4.78 is 6.45. The fraction of sp³-hybridized carbons (Fsp3) is 0.286. The summed E-state index contributed by atoms with van der Waals surface area (Å²) in [5, 5.41) is 0. The van der Waals surface area contributed by atoms with Gasteiger partial charge < -0.3 is 4.74 Å². The molecule has 4 nitrogen and oxygen atoms in total. The van der Waals surface area contributed by atoms with Gasteiger partial charge in [-0.2, -0.15) is 0 Å². The molecule has 0 aromatic heterocycles. The number of carbonyl (C=O) groups is 2. The highest BCUT2D eigenvalue weighted by atomic mass is 79.9. The number of ether oxygens (including phenoxy) is 1. The van der Waals surface area contributed by atoms with Crippen molar-refractivity contribution in [3.8, 4) is 0 Å². The quantitative estimate of drug-likeness (QED) is 0.586. The molecule has 0 saturated carbocycles. The van der Waals surface area contributed by atoms with Crippen LogP contribution in [0.4, 0.5) is 5.69 Å². The monoisotopic (exact) mass is 319 g/mol. The maximum atomic E-state index is 12.5. The molecule has 5 heteroatoms. The van der Waals surface area contributed by atoms with E-state index in [1.807, 2.05) is 24.3 Å². The average molecular weight is 320 g/mol. The van der Waals surface area contributed by atoms with Crippen molar-refractivity contribution in [2.24, 2.45) is 11.8 Å². The Hall–Kier alpha value is -1.46. The van der Waals surface area contributed by atoms with Crippen LogP contribution in [0.25, 0.3) is 0 Å². The molecule has 1 aromatic carbocycles. The summed E-state index contributed by atoms with van der Waals surface area (Å²) in [7, 11) is 0. The Balaban J connectivity index is 1.77. The minimum Gasteiger partial charge on any atom is -0.365 e. The van der Waals surface area contributed by atoms with Crippen LogP contribution in [0.3, 0.4) is 0 Å². The van der Waals surface area contributed by atoms with E-state index in [2.05, 4.69) is 15.9 Å². The van der Waals surface area contributed by atoms with Crippen molar-refractivity contribution in [1.82, 2.24) is 0 Å². The maximum absolute atomic E-state index is 12.5. The van der Waals surface area contributed by atoms with Gasteiger partial charge in [-0.25, -0.2) is 4.90 Å². The first-order chi connectivity index (χ1) is 9.16. The Morgan fingerprint density at radius 3 is 2.26 bits per heavy atom. The van der Waals surface area contributed by atoms with Gasteiger partial charge in [-0.05, 0) is 18.2 Å². The van der Waals surface area contributed by atoms with E-state index in [0.29, 0.717) is 5.69 Å². The minimum absolute atomic E-state index is 0.148. The lowest BCUT2D eigenvalue weighted by molar-refractivity contribution is -0.124. The van der Waals surface area contributed by atoms with Crippen molar-refractivity contribution in [3.05, 3.63) is 40.9 Å². The van der Waals surface area contributed by atoms with Crippen molar-refractivity contribution in [1.29, 1.82) is 0 Å². The predicted octanol–water partition coefficient (Wildman–Crippen LogP) is 1.89. The lowest BCUT2D eigenvalue weighted by Gasteiger charge is -2.17. The third-order valence-corrected chi connectivity index (χ3v) is 4.47. The second-order valence-electron chi connectivity index (χ2n) is 4.99. The molecule has 0 radical (unpaired) electrons. The fourth-order valence-electron chi connectivity index (χ4n) is 3.17. The summed E-state index contributed by atoms with van der Waals surface area (Å²) in [5.74, 6) is -0.988. The Morgan fingerprint density at radius 2 is 1.68 bits per heavy atom. The van der Waals surface area contributed by atoms with Crippen LogP contribution in [0.1, 0.15) is 0 Å². The summed E-state index contributed by atoms with van der Waals surface area (Å²) in [6, 6.07) is 7.24. The summed E-state index contributed by atoms with van der Waals surface area (Å²) in [5.41, 5.74) is 0.623. The smallest absolute Gasteiger partial charge is 0.240 e. The van der Waals surface area contributed by atoms with E-state index in [1.54, 1.807) is 12.1 Å². The van der Waals surface area contributed by atoms with Gasteiger partial charge in [-0.15, -0.1) is 0 Å². The number of rotatable bonds is 1. The number of amides is 2. The number of carbonyl (C=O) groups excluding carboxylic acids is 2. The van der Waals surface area contributed by atoms with E-state index in [1.165, 1.54) is 4.90 Å². The van der Waals surface area contributed by atoms with Gasteiger partial charge in [0.1, 0.15) is 0 Å². The van der Waals surface area contributed by atoms with Gasteiger partial charge in [-0.1, -0.05) is 34.1 Å². The van der Waals surface area contributed by atoms with Crippen LogP contribution in [0.5, 0.6) is 0 Å². The zero-order chi connectivity index (χ0) is 13.1. The summed E-state index contributed by atoms with van der Waals surface area (Å²) in [4.78, 5) is 26.3. The topological polar surface area (TPSA) is 46.6 Å². The van der Waals surface area contributed by atoms with Gasteiger partial charge in [0.25, 0.3) is 0 Å². The van der Waals surface area contributed by atoms with Crippen molar-refractivity contribution in [2.75, 3.05) is 4.90 Å². The van der Waals surface area contributed by atoms with E-state index in [9.17, 15) is 9.59 Å². The molecule has 0 unspecified atom stereocenters. The van der Waals surface area contributed by atoms with Gasteiger partial charge in [-0.3, -0.25) is 9.59 Å². The molecule has 3 aliphatic heterocycles. The number of halogens is 1. The molecule has 4 rings (SSSR count). The Morgan fingerprint density at radius 1 is 1.05 bits per heavy atom. The zero-order valence-corrected chi connectivity index (χ0v) is 11.4. The summed E-state index contributed by atoms with van der Waals surface area (Å²) in [6.45, 7) is 0. The Labute approximate surface area is 118 Å². The van der Waals surface area contributed by atoms with E-state index in [-0.39, 0.29) is 35.9 Å². The number of nitrogens with zero attached hydrogens (tertiary/aromatic N) is 1. The first kappa shape index (κ1) is 11.4. The molecule has 4 atom stereocenters. The number of imide groups is 1. The predicted molar refractivity (Wildman–Crippen MR) is 71.4 cm³/mol. The number of hydrogen-bond acceptors (Lipinski definition) is 3. The van der Waals surface area contributed by atoms with Crippen molar-refractivity contribution >= 4 is 33.4 Å². The second-order valence-corrected chi connectivity index (χ2v) is 5.91. The highest BCUT2D eigenvalue weighted by Crippen LogP contribution is 2.46. The molecular weight excluding hydrogens is 310 g/mol. The van der Waals surface area contributed by atoms with Gasteiger partial charge in [0, 0.05) is 4.47 Å². The zero-order valence-electron chi connectivity index (χ0n) is 9.82. The molecule has 2 fully saturated rings. The van der Waals surface area contributed by atoms with Crippen LogP contribution >= 0.6 is 15.9 Å². The van der Waals surface area contributed by atoms with Gasteiger partial charge in [0.05, 0.1) is 29.7 Å². The van der Waals surface area contributed by atoms with Crippen molar-refractivity contribution in [2.45, 2.75) is 12.2 Å². The molecule has 19 heavy (non-hydrogen) atoms. The third kappa shape index (κ3) is 1.42. The van der Waals surface area contributed by atoms with E-state index < -0.39 is 0 Å². The van der Waals surface area contributed by atoms with Crippen LogP contribution in [0.2, 0.25) is 0 Å². The molecule has 3 aliphatic rings.